The lowest BCUT2D eigenvalue weighted by molar-refractivity contribution is -0.135. The molecule has 2 aromatic carbocycles. The zero-order chi connectivity index (χ0) is 17.3. The summed E-state index contributed by atoms with van der Waals surface area (Å²) in [5, 5.41) is 10.5. The predicted octanol–water partition coefficient (Wildman–Crippen LogP) is 4.15. The van der Waals surface area contributed by atoms with Crippen LogP contribution in [0, 0.1) is 0 Å². The Balaban J connectivity index is 1.80. The fourth-order valence-electron chi connectivity index (χ4n) is 3.12. The maximum atomic E-state index is 13.0. The molecule has 0 bridgehead atoms. The standard InChI is InChI=1S/C19H19BrClNO2/c1-12(23)10-22(11-13-5-3-2-4-6-13)19(24)16-9-15-14(16)7-8-17(20)18(15)21/h2-8,12,16,23H,9-11H2,1H3. The first-order valence-electron chi connectivity index (χ1n) is 7.95. The molecule has 0 fully saturated rings. The van der Waals surface area contributed by atoms with Gasteiger partial charge < -0.3 is 10.0 Å². The van der Waals surface area contributed by atoms with Crippen molar-refractivity contribution < 1.29 is 9.90 Å². The topological polar surface area (TPSA) is 40.5 Å². The van der Waals surface area contributed by atoms with Gasteiger partial charge in [0.15, 0.2) is 0 Å². The number of fused-ring (bicyclic) bond motifs is 1. The van der Waals surface area contributed by atoms with Gasteiger partial charge in [-0.1, -0.05) is 48.0 Å². The lowest BCUT2D eigenvalue weighted by Gasteiger charge is -2.35. The van der Waals surface area contributed by atoms with Crippen LogP contribution < -0.4 is 0 Å². The first kappa shape index (κ1) is 17.5. The molecule has 1 aliphatic carbocycles. The molecule has 0 aliphatic heterocycles. The van der Waals surface area contributed by atoms with Gasteiger partial charge in [-0.25, -0.2) is 0 Å². The van der Waals surface area contributed by atoms with Crippen LogP contribution in [0.5, 0.6) is 0 Å². The monoisotopic (exact) mass is 407 g/mol. The molecule has 2 atom stereocenters. The van der Waals surface area contributed by atoms with E-state index >= 15 is 0 Å². The van der Waals surface area contributed by atoms with E-state index in [1.165, 1.54) is 0 Å². The highest BCUT2D eigenvalue weighted by Gasteiger charge is 2.37. The number of nitrogens with zero attached hydrogens (tertiary/aromatic N) is 1. The van der Waals surface area contributed by atoms with Crippen molar-refractivity contribution in [1.82, 2.24) is 4.90 Å². The number of hydrogen-bond donors (Lipinski definition) is 1. The summed E-state index contributed by atoms with van der Waals surface area (Å²) in [6.45, 7) is 2.53. The van der Waals surface area contributed by atoms with Gasteiger partial charge in [0.1, 0.15) is 0 Å². The van der Waals surface area contributed by atoms with Crippen LogP contribution >= 0.6 is 27.5 Å². The lowest BCUT2D eigenvalue weighted by Crippen LogP contribution is -2.42. The molecular weight excluding hydrogens is 390 g/mol. The van der Waals surface area contributed by atoms with Gasteiger partial charge in [0.25, 0.3) is 0 Å². The Morgan fingerprint density at radius 3 is 2.71 bits per heavy atom. The Kier molecular flexibility index (Phi) is 5.28. The number of aliphatic hydroxyl groups excluding tert-OH is 1. The normalized spacial score (nSPS) is 16.9. The zero-order valence-corrected chi connectivity index (χ0v) is 15.7. The highest BCUT2D eigenvalue weighted by atomic mass is 79.9. The summed E-state index contributed by atoms with van der Waals surface area (Å²) in [7, 11) is 0. The molecule has 1 aliphatic rings. The molecule has 0 heterocycles. The number of rotatable bonds is 5. The third-order valence-corrected chi connectivity index (χ3v) is 5.65. The van der Waals surface area contributed by atoms with Crippen molar-refractivity contribution in [1.29, 1.82) is 0 Å². The van der Waals surface area contributed by atoms with Gasteiger partial charge in [0, 0.05) is 17.6 Å². The second-order valence-electron chi connectivity index (χ2n) is 6.24. The summed E-state index contributed by atoms with van der Waals surface area (Å²) in [6, 6.07) is 13.7. The van der Waals surface area contributed by atoms with Crippen LogP contribution in [-0.4, -0.2) is 28.6 Å². The second-order valence-corrected chi connectivity index (χ2v) is 7.47. The number of aliphatic hydroxyl groups is 1. The number of hydrogen-bond acceptors (Lipinski definition) is 2. The minimum Gasteiger partial charge on any atom is -0.392 e. The molecule has 0 saturated heterocycles. The van der Waals surface area contributed by atoms with E-state index in [1.54, 1.807) is 11.8 Å². The van der Waals surface area contributed by atoms with E-state index in [0.717, 1.165) is 21.2 Å². The first-order valence-corrected chi connectivity index (χ1v) is 9.12. The predicted molar refractivity (Wildman–Crippen MR) is 99.1 cm³/mol. The Labute approximate surface area is 155 Å². The SMILES string of the molecule is CC(O)CN(Cc1ccccc1)C(=O)C1Cc2c1ccc(Br)c2Cl. The number of benzene rings is 2. The summed E-state index contributed by atoms with van der Waals surface area (Å²) >= 11 is 9.70. The molecule has 2 unspecified atom stereocenters. The first-order chi connectivity index (χ1) is 11.5. The van der Waals surface area contributed by atoms with Crippen LogP contribution in [0.15, 0.2) is 46.9 Å². The van der Waals surface area contributed by atoms with Gasteiger partial charge in [-0.2, -0.15) is 0 Å². The summed E-state index contributed by atoms with van der Waals surface area (Å²) in [5.74, 6) is -0.126. The third-order valence-electron chi connectivity index (χ3n) is 4.33. The van der Waals surface area contributed by atoms with E-state index in [4.69, 9.17) is 11.6 Å². The van der Waals surface area contributed by atoms with E-state index < -0.39 is 6.10 Å². The van der Waals surface area contributed by atoms with Crippen LogP contribution in [0.4, 0.5) is 0 Å². The Hall–Kier alpha value is -1.36. The van der Waals surface area contributed by atoms with Crippen molar-refractivity contribution >= 4 is 33.4 Å². The van der Waals surface area contributed by atoms with Crippen molar-refractivity contribution in [3.8, 4) is 0 Å². The molecule has 24 heavy (non-hydrogen) atoms. The highest BCUT2D eigenvalue weighted by molar-refractivity contribution is 9.10. The maximum absolute atomic E-state index is 13.0. The fourth-order valence-corrected chi connectivity index (χ4v) is 3.74. The number of carbonyl (C=O) groups is 1. The number of halogens is 2. The maximum Gasteiger partial charge on any atom is 0.230 e. The van der Waals surface area contributed by atoms with E-state index in [-0.39, 0.29) is 11.8 Å². The van der Waals surface area contributed by atoms with E-state index in [9.17, 15) is 9.90 Å². The summed E-state index contributed by atoms with van der Waals surface area (Å²) in [4.78, 5) is 14.7. The Morgan fingerprint density at radius 2 is 2.04 bits per heavy atom. The molecule has 3 rings (SSSR count). The molecule has 2 aromatic rings. The highest BCUT2D eigenvalue weighted by Crippen LogP contribution is 2.43. The van der Waals surface area contributed by atoms with Crippen molar-refractivity contribution in [2.75, 3.05) is 6.54 Å². The Bertz CT molecular complexity index is 749. The van der Waals surface area contributed by atoms with Crippen LogP contribution in [0.2, 0.25) is 5.02 Å². The summed E-state index contributed by atoms with van der Waals surface area (Å²) in [5.41, 5.74) is 3.10. The van der Waals surface area contributed by atoms with E-state index in [1.807, 2.05) is 42.5 Å². The van der Waals surface area contributed by atoms with Crippen LogP contribution in [0.3, 0.4) is 0 Å². The molecule has 1 N–H and O–H groups in total. The van der Waals surface area contributed by atoms with Crippen molar-refractivity contribution in [3.63, 3.8) is 0 Å². The Morgan fingerprint density at radius 1 is 1.33 bits per heavy atom. The minimum absolute atomic E-state index is 0.0469. The lowest BCUT2D eigenvalue weighted by atomic mass is 9.76. The number of amides is 1. The van der Waals surface area contributed by atoms with Gasteiger partial charge in [0.05, 0.1) is 17.0 Å². The van der Waals surface area contributed by atoms with E-state index in [0.29, 0.717) is 24.5 Å². The van der Waals surface area contributed by atoms with Gasteiger partial charge in [-0.05, 0) is 52.0 Å². The average Bonchev–Trinajstić information content (AvgIpc) is 2.52. The summed E-state index contributed by atoms with van der Waals surface area (Å²) in [6.07, 6.45) is 0.0862. The third kappa shape index (κ3) is 3.51. The van der Waals surface area contributed by atoms with Gasteiger partial charge in [0.2, 0.25) is 5.91 Å². The molecular formula is C19H19BrClNO2. The molecule has 0 saturated carbocycles. The summed E-state index contributed by atoms with van der Waals surface area (Å²) < 4.78 is 0.860. The number of carbonyl (C=O) groups excluding carboxylic acids is 1. The molecule has 5 heteroatoms. The largest absolute Gasteiger partial charge is 0.392 e. The quantitative estimate of drug-likeness (QED) is 0.807. The average molecular weight is 409 g/mol. The van der Waals surface area contributed by atoms with E-state index in [2.05, 4.69) is 15.9 Å². The second kappa shape index (κ2) is 7.26. The molecule has 126 valence electrons. The van der Waals surface area contributed by atoms with Crippen LogP contribution in [0.1, 0.15) is 29.5 Å². The van der Waals surface area contributed by atoms with Crippen molar-refractivity contribution in [2.45, 2.75) is 31.9 Å². The van der Waals surface area contributed by atoms with Crippen LogP contribution in [-0.2, 0) is 17.8 Å². The minimum atomic E-state index is -0.564. The molecule has 0 radical (unpaired) electrons. The van der Waals surface area contributed by atoms with Gasteiger partial charge in [-0.15, -0.1) is 0 Å². The van der Waals surface area contributed by atoms with Crippen molar-refractivity contribution in [2.24, 2.45) is 0 Å². The molecule has 1 amide bonds. The fraction of sp³-hybridized carbons (Fsp3) is 0.316. The van der Waals surface area contributed by atoms with Crippen LogP contribution in [0.25, 0.3) is 0 Å². The molecule has 3 nitrogen and oxygen atoms in total. The van der Waals surface area contributed by atoms with Gasteiger partial charge >= 0.3 is 0 Å². The smallest absolute Gasteiger partial charge is 0.230 e. The van der Waals surface area contributed by atoms with Gasteiger partial charge in [-0.3, -0.25) is 4.79 Å². The molecule has 0 aromatic heterocycles. The van der Waals surface area contributed by atoms with Crippen molar-refractivity contribution in [3.05, 3.63) is 68.7 Å². The zero-order valence-electron chi connectivity index (χ0n) is 13.4. The molecule has 0 spiro atoms.